The van der Waals surface area contributed by atoms with E-state index in [1.807, 2.05) is 10.6 Å². The van der Waals surface area contributed by atoms with Gasteiger partial charge in [0.1, 0.15) is 11.5 Å². The summed E-state index contributed by atoms with van der Waals surface area (Å²) in [6.45, 7) is 3.21. The lowest BCUT2D eigenvalue weighted by Crippen LogP contribution is -2.05. The van der Waals surface area contributed by atoms with Crippen LogP contribution in [0.3, 0.4) is 0 Å². The van der Waals surface area contributed by atoms with Gasteiger partial charge >= 0.3 is 0 Å². The molecule has 0 fully saturated rings. The molecule has 34 heavy (non-hydrogen) atoms. The second kappa shape index (κ2) is 16.7. The number of rotatable bonds is 17. The Morgan fingerprint density at radius 2 is 1.47 bits per heavy atom. The first-order valence-corrected chi connectivity index (χ1v) is 14.5. The molecule has 3 heterocycles. The Bertz CT molecular complexity index is 940. The van der Waals surface area contributed by atoms with Crippen LogP contribution in [0.1, 0.15) is 96.8 Å². The first-order valence-electron chi connectivity index (χ1n) is 12.8. The van der Waals surface area contributed by atoms with Crippen LogP contribution in [0.2, 0.25) is 10.0 Å². The number of nitrogens with zero attached hydrogens (tertiary/aromatic N) is 2. The van der Waals surface area contributed by atoms with Crippen molar-refractivity contribution in [3.05, 3.63) is 39.1 Å². The predicted octanol–water partition coefficient (Wildman–Crippen LogP) is 10.7. The molecule has 0 spiro atoms. The number of imidazole rings is 1. The molecule has 7 heteroatoms. The maximum atomic E-state index is 6.41. The van der Waals surface area contributed by atoms with Crippen LogP contribution in [0.5, 0.6) is 0 Å². The summed E-state index contributed by atoms with van der Waals surface area (Å²) in [5.74, 6) is 0.975. The number of nitrogens with one attached hydrogen (secondary N) is 1. The van der Waals surface area contributed by atoms with Crippen molar-refractivity contribution in [1.82, 2.24) is 9.38 Å². The molecule has 0 radical (unpaired) electrons. The van der Waals surface area contributed by atoms with Crippen LogP contribution in [0.25, 0.3) is 16.9 Å². The summed E-state index contributed by atoms with van der Waals surface area (Å²) < 4.78 is 1.99. The Morgan fingerprint density at radius 3 is 2.03 bits per heavy atom. The Balaban J connectivity index is 0.00000408. The van der Waals surface area contributed by atoms with Crippen molar-refractivity contribution >= 4 is 58.4 Å². The number of aromatic nitrogens is 2. The zero-order valence-electron chi connectivity index (χ0n) is 20.5. The maximum absolute atomic E-state index is 6.41. The number of unbranched alkanes of at least 4 members (excludes halogenated alkanes) is 13. The van der Waals surface area contributed by atoms with Gasteiger partial charge in [-0.25, -0.2) is 4.98 Å². The molecule has 0 bridgehead atoms. The van der Waals surface area contributed by atoms with E-state index in [2.05, 4.69) is 29.1 Å². The van der Waals surface area contributed by atoms with Crippen LogP contribution in [0.4, 0.5) is 5.82 Å². The summed E-state index contributed by atoms with van der Waals surface area (Å²) >= 11 is 14.4. The van der Waals surface area contributed by atoms with E-state index in [4.69, 9.17) is 28.2 Å². The van der Waals surface area contributed by atoms with E-state index in [0.29, 0.717) is 10.0 Å². The van der Waals surface area contributed by atoms with Crippen LogP contribution >= 0.6 is 46.9 Å². The summed E-state index contributed by atoms with van der Waals surface area (Å²) in [5, 5.41) is 8.99. The van der Waals surface area contributed by atoms with Crippen molar-refractivity contribution in [2.75, 3.05) is 11.9 Å². The summed E-state index contributed by atoms with van der Waals surface area (Å²) in [5.41, 5.74) is 2.79. The minimum Gasteiger partial charge on any atom is -0.369 e. The van der Waals surface area contributed by atoms with Gasteiger partial charge in [0, 0.05) is 23.7 Å². The number of fused-ring (bicyclic) bond motifs is 1. The van der Waals surface area contributed by atoms with Crippen LogP contribution < -0.4 is 5.32 Å². The highest BCUT2D eigenvalue weighted by Gasteiger charge is 2.16. The van der Waals surface area contributed by atoms with Crippen LogP contribution in [-0.2, 0) is 0 Å². The highest BCUT2D eigenvalue weighted by Crippen LogP contribution is 2.34. The third kappa shape index (κ3) is 9.26. The second-order valence-electron chi connectivity index (χ2n) is 9.04. The summed E-state index contributed by atoms with van der Waals surface area (Å²) in [6.07, 6.45) is 21.1. The first-order chi connectivity index (χ1) is 16.2. The van der Waals surface area contributed by atoms with Gasteiger partial charge in [-0.2, -0.15) is 11.3 Å². The van der Waals surface area contributed by atoms with Gasteiger partial charge in [0.2, 0.25) is 0 Å². The molecule has 190 valence electrons. The molecule has 0 atom stereocenters. The van der Waals surface area contributed by atoms with Gasteiger partial charge in [0.25, 0.3) is 0 Å². The molecular weight excluding hydrogens is 505 g/mol. The number of hydrogen-bond acceptors (Lipinski definition) is 3. The Labute approximate surface area is 226 Å². The molecule has 3 aromatic heterocycles. The van der Waals surface area contributed by atoms with Crippen molar-refractivity contribution < 1.29 is 0 Å². The Kier molecular flexibility index (Phi) is 14.4. The molecule has 0 aliphatic rings. The topological polar surface area (TPSA) is 29.3 Å². The van der Waals surface area contributed by atoms with E-state index in [0.717, 1.165) is 35.7 Å². The molecule has 0 amide bonds. The highest BCUT2D eigenvalue weighted by atomic mass is 35.5. The van der Waals surface area contributed by atoms with Gasteiger partial charge in [-0.3, -0.25) is 4.40 Å². The van der Waals surface area contributed by atoms with E-state index >= 15 is 0 Å². The third-order valence-electron chi connectivity index (χ3n) is 6.26. The normalized spacial score (nSPS) is 11.1. The minimum absolute atomic E-state index is 0. The van der Waals surface area contributed by atoms with E-state index in [1.165, 1.54) is 83.5 Å². The number of thiophene rings is 1. The van der Waals surface area contributed by atoms with Gasteiger partial charge in [-0.05, 0) is 23.9 Å². The largest absolute Gasteiger partial charge is 0.369 e. The predicted molar refractivity (Wildman–Crippen MR) is 155 cm³/mol. The summed E-state index contributed by atoms with van der Waals surface area (Å²) in [6, 6.07) is 3.85. The Hall–Kier alpha value is -0.940. The monoisotopic (exact) mass is 543 g/mol. The van der Waals surface area contributed by atoms with E-state index in [9.17, 15) is 0 Å². The maximum Gasteiger partial charge on any atom is 0.158 e. The number of anilines is 1. The SMILES string of the molecule is CCCCCCCCCCCCCCCCNc1c(-c2ccsc2)nc2c(Cl)cc(Cl)cn12.Cl. The van der Waals surface area contributed by atoms with Crippen LogP contribution in [0, 0.1) is 0 Å². The van der Waals surface area contributed by atoms with Crippen molar-refractivity contribution in [2.45, 2.75) is 96.8 Å². The van der Waals surface area contributed by atoms with E-state index in [-0.39, 0.29) is 12.4 Å². The van der Waals surface area contributed by atoms with Crippen molar-refractivity contribution in [3.63, 3.8) is 0 Å². The standard InChI is InChI=1S/C27H39Cl2N3S.ClH/c1-2-3-4-5-6-7-8-9-10-11-12-13-14-15-17-30-27-25(22-16-18-33-21-22)31-26-24(29)19-23(28)20-32(26)27;/h16,18-21,30H,2-15,17H2,1H3;1H. The van der Waals surface area contributed by atoms with Crippen molar-refractivity contribution in [3.8, 4) is 11.3 Å². The van der Waals surface area contributed by atoms with Gasteiger partial charge in [-0.1, -0.05) is 114 Å². The Morgan fingerprint density at radius 1 is 0.882 bits per heavy atom. The summed E-state index contributed by atoms with van der Waals surface area (Å²) in [4.78, 5) is 4.80. The van der Waals surface area contributed by atoms with E-state index < -0.39 is 0 Å². The molecule has 0 unspecified atom stereocenters. The molecular formula is C27H40Cl3N3S. The first kappa shape index (κ1) is 29.3. The van der Waals surface area contributed by atoms with Gasteiger partial charge in [0.15, 0.2) is 5.65 Å². The fraction of sp³-hybridized carbons (Fsp3) is 0.593. The van der Waals surface area contributed by atoms with Gasteiger partial charge in [-0.15, -0.1) is 12.4 Å². The smallest absolute Gasteiger partial charge is 0.158 e. The fourth-order valence-corrected chi connectivity index (χ4v) is 5.52. The second-order valence-corrected chi connectivity index (χ2v) is 10.7. The number of halogens is 3. The van der Waals surface area contributed by atoms with Crippen molar-refractivity contribution in [2.24, 2.45) is 0 Å². The van der Waals surface area contributed by atoms with Crippen LogP contribution in [-0.4, -0.2) is 15.9 Å². The number of hydrogen-bond donors (Lipinski definition) is 1. The molecule has 3 nitrogen and oxygen atoms in total. The molecule has 1 N–H and O–H groups in total. The van der Waals surface area contributed by atoms with Gasteiger partial charge < -0.3 is 5.32 Å². The lowest BCUT2D eigenvalue weighted by molar-refractivity contribution is 0.537. The van der Waals surface area contributed by atoms with Crippen LogP contribution in [0.15, 0.2) is 29.1 Å². The minimum atomic E-state index is 0. The average Bonchev–Trinajstić information content (AvgIpc) is 3.45. The van der Waals surface area contributed by atoms with E-state index in [1.54, 1.807) is 17.4 Å². The molecule has 0 aromatic carbocycles. The zero-order valence-corrected chi connectivity index (χ0v) is 23.6. The van der Waals surface area contributed by atoms with Crippen molar-refractivity contribution in [1.29, 1.82) is 0 Å². The van der Waals surface area contributed by atoms with Gasteiger partial charge in [0.05, 0.1) is 10.0 Å². The molecule has 3 rings (SSSR count). The molecule has 3 aromatic rings. The quantitative estimate of drug-likeness (QED) is 0.171. The average molecular weight is 545 g/mol. The lowest BCUT2D eigenvalue weighted by Gasteiger charge is -2.09. The lowest BCUT2D eigenvalue weighted by atomic mass is 10.0. The fourth-order valence-electron chi connectivity index (χ4n) is 4.37. The summed E-state index contributed by atoms with van der Waals surface area (Å²) in [7, 11) is 0. The molecule has 0 aliphatic heterocycles. The number of pyridine rings is 1. The molecule has 0 saturated heterocycles. The molecule has 0 aliphatic carbocycles. The molecule has 0 saturated carbocycles. The highest BCUT2D eigenvalue weighted by molar-refractivity contribution is 7.08. The third-order valence-corrected chi connectivity index (χ3v) is 7.43. The zero-order chi connectivity index (χ0) is 23.3.